The van der Waals surface area contributed by atoms with Crippen molar-refractivity contribution in [3.8, 4) is 0 Å². The molecule has 0 spiro atoms. The van der Waals surface area contributed by atoms with Crippen LogP contribution in [-0.4, -0.2) is 18.6 Å². The number of rotatable bonds is 2. The first kappa shape index (κ1) is 15.5. The van der Waals surface area contributed by atoms with Crippen LogP contribution in [0.25, 0.3) is 0 Å². The molecule has 1 nitrogen and oxygen atoms in total. The van der Waals surface area contributed by atoms with Crippen molar-refractivity contribution in [1.29, 1.82) is 0 Å². The topological polar surface area (TPSA) is 17.1 Å². The van der Waals surface area contributed by atoms with Crippen LogP contribution in [0.5, 0.6) is 0 Å². The van der Waals surface area contributed by atoms with Crippen LogP contribution < -0.4 is 0 Å². The van der Waals surface area contributed by atoms with Gasteiger partial charge in [-0.2, -0.15) is 26.3 Å². The Balaban J connectivity index is 3.52. The van der Waals surface area contributed by atoms with Gasteiger partial charge in [0.15, 0.2) is 0 Å². The standard InChI is InChI=1S/C11H6F7O/c1-6-4-8(3-2-7(6)5-19)9(12,10(13,14)15)11(16,17)18/h2-4H,1H3. The van der Waals surface area contributed by atoms with Crippen molar-refractivity contribution >= 4 is 6.29 Å². The van der Waals surface area contributed by atoms with Crippen LogP contribution >= 0.6 is 0 Å². The highest BCUT2D eigenvalue weighted by molar-refractivity contribution is 5.77. The molecule has 1 rings (SSSR count). The number of alkyl halides is 7. The molecule has 105 valence electrons. The number of carbonyl (C=O) groups excluding carboxylic acids is 1. The molecule has 0 amide bonds. The van der Waals surface area contributed by atoms with Crippen LogP contribution in [0.2, 0.25) is 0 Å². The Morgan fingerprint density at radius 3 is 1.74 bits per heavy atom. The van der Waals surface area contributed by atoms with E-state index in [-0.39, 0.29) is 17.2 Å². The normalized spacial score (nSPS) is 13.5. The lowest BCUT2D eigenvalue weighted by atomic mass is 9.91. The van der Waals surface area contributed by atoms with Gasteiger partial charge in [0.1, 0.15) is 0 Å². The van der Waals surface area contributed by atoms with Crippen molar-refractivity contribution in [2.24, 2.45) is 0 Å². The van der Waals surface area contributed by atoms with Crippen molar-refractivity contribution in [3.63, 3.8) is 0 Å². The molecular formula is C11H6F7O. The fourth-order valence-corrected chi connectivity index (χ4v) is 1.48. The minimum Gasteiger partial charge on any atom is -0.285 e. The molecule has 1 aromatic carbocycles. The van der Waals surface area contributed by atoms with E-state index >= 15 is 0 Å². The zero-order valence-electron chi connectivity index (χ0n) is 9.29. The second-order valence-electron chi connectivity index (χ2n) is 3.79. The zero-order chi connectivity index (χ0) is 15.1. The fourth-order valence-electron chi connectivity index (χ4n) is 1.48. The van der Waals surface area contributed by atoms with Gasteiger partial charge in [-0.3, -0.25) is 4.79 Å². The Morgan fingerprint density at radius 1 is 0.947 bits per heavy atom. The second kappa shape index (κ2) is 4.50. The van der Waals surface area contributed by atoms with Gasteiger partial charge < -0.3 is 0 Å². The summed E-state index contributed by atoms with van der Waals surface area (Å²) in [5, 5.41) is 0. The molecule has 0 heterocycles. The van der Waals surface area contributed by atoms with E-state index in [0.29, 0.717) is 12.1 Å². The maximum Gasteiger partial charge on any atom is 0.435 e. The number of benzene rings is 1. The molecule has 0 aliphatic heterocycles. The summed E-state index contributed by atoms with van der Waals surface area (Å²) in [6.07, 6.45) is -11.0. The molecule has 0 atom stereocenters. The molecule has 1 radical (unpaired) electrons. The third kappa shape index (κ3) is 2.43. The molecule has 0 N–H and O–H groups in total. The summed E-state index contributed by atoms with van der Waals surface area (Å²) < 4.78 is 88.2. The van der Waals surface area contributed by atoms with Gasteiger partial charge in [0.2, 0.25) is 6.29 Å². The first-order chi connectivity index (χ1) is 8.45. The summed E-state index contributed by atoms with van der Waals surface area (Å²) in [5.41, 5.74) is -7.57. The van der Waals surface area contributed by atoms with Gasteiger partial charge in [0.05, 0.1) is 0 Å². The van der Waals surface area contributed by atoms with E-state index < -0.39 is 23.6 Å². The van der Waals surface area contributed by atoms with Gasteiger partial charge in [0.25, 0.3) is 0 Å². The predicted molar refractivity (Wildman–Crippen MR) is 50.9 cm³/mol. The highest BCUT2D eigenvalue weighted by Gasteiger charge is 2.73. The van der Waals surface area contributed by atoms with Crippen LogP contribution in [0.15, 0.2) is 18.2 Å². The summed E-state index contributed by atoms with van der Waals surface area (Å²) in [5.74, 6) is 0. The molecule has 19 heavy (non-hydrogen) atoms. The van der Waals surface area contributed by atoms with E-state index in [0.717, 1.165) is 6.92 Å². The Kier molecular flexibility index (Phi) is 3.66. The quantitative estimate of drug-likeness (QED) is 0.757. The highest BCUT2D eigenvalue weighted by Crippen LogP contribution is 2.53. The second-order valence-corrected chi connectivity index (χ2v) is 3.79. The SMILES string of the molecule is Cc1cc(C(F)(C(F)(F)F)C(F)(F)F)ccc1[C]=O. The molecule has 0 fully saturated rings. The zero-order valence-corrected chi connectivity index (χ0v) is 9.29. The molecule has 0 aliphatic carbocycles. The van der Waals surface area contributed by atoms with E-state index in [2.05, 4.69) is 0 Å². The largest absolute Gasteiger partial charge is 0.435 e. The molecule has 0 bridgehead atoms. The van der Waals surface area contributed by atoms with Gasteiger partial charge in [-0.1, -0.05) is 18.2 Å². The smallest absolute Gasteiger partial charge is 0.285 e. The van der Waals surface area contributed by atoms with Crippen LogP contribution in [0.3, 0.4) is 0 Å². The molecule has 8 heteroatoms. The summed E-state index contributed by atoms with van der Waals surface area (Å²) >= 11 is 0. The molecule has 0 saturated heterocycles. The van der Waals surface area contributed by atoms with E-state index in [1.54, 1.807) is 0 Å². The average molecular weight is 287 g/mol. The van der Waals surface area contributed by atoms with Crippen molar-refractivity contribution in [3.05, 3.63) is 34.9 Å². The van der Waals surface area contributed by atoms with E-state index in [4.69, 9.17) is 0 Å². The maximum absolute atomic E-state index is 13.6. The molecule has 0 saturated carbocycles. The Morgan fingerprint density at radius 2 is 1.42 bits per heavy atom. The lowest BCUT2D eigenvalue weighted by Crippen LogP contribution is -2.50. The summed E-state index contributed by atoms with van der Waals surface area (Å²) in [7, 11) is 0. The first-order valence-corrected chi connectivity index (χ1v) is 4.77. The Labute approximate surface area is 103 Å². The van der Waals surface area contributed by atoms with Crippen molar-refractivity contribution in [2.75, 3.05) is 0 Å². The predicted octanol–water partition coefficient (Wildman–Crippen LogP) is 3.74. The molecule has 1 aromatic rings. The number of halogens is 7. The molecule has 0 aromatic heterocycles. The Bertz CT molecular complexity index is 473. The van der Waals surface area contributed by atoms with Gasteiger partial charge >= 0.3 is 18.0 Å². The maximum atomic E-state index is 13.6. The molecular weight excluding hydrogens is 281 g/mol. The van der Waals surface area contributed by atoms with Crippen LogP contribution in [-0.2, 0) is 10.5 Å². The summed E-state index contributed by atoms with van der Waals surface area (Å²) in [6, 6.07) is 1.26. The van der Waals surface area contributed by atoms with Gasteiger partial charge in [-0.25, -0.2) is 4.39 Å². The third-order valence-electron chi connectivity index (χ3n) is 2.52. The van der Waals surface area contributed by atoms with Crippen LogP contribution in [0.1, 0.15) is 16.7 Å². The average Bonchev–Trinajstić information content (AvgIpc) is 2.24. The van der Waals surface area contributed by atoms with E-state index in [9.17, 15) is 35.5 Å². The monoisotopic (exact) mass is 287 g/mol. The lowest BCUT2D eigenvalue weighted by Gasteiger charge is -2.30. The third-order valence-corrected chi connectivity index (χ3v) is 2.52. The number of hydrogen-bond donors (Lipinski definition) is 0. The van der Waals surface area contributed by atoms with Crippen molar-refractivity contribution < 1.29 is 35.5 Å². The van der Waals surface area contributed by atoms with E-state index in [1.165, 1.54) is 6.29 Å². The molecule has 0 aliphatic rings. The molecule has 0 unspecified atom stereocenters. The lowest BCUT2D eigenvalue weighted by molar-refractivity contribution is -0.348. The van der Waals surface area contributed by atoms with Gasteiger partial charge in [-0.05, 0) is 12.5 Å². The minimum atomic E-state index is -6.16. The highest BCUT2D eigenvalue weighted by atomic mass is 19.4. The van der Waals surface area contributed by atoms with Crippen LogP contribution in [0.4, 0.5) is 30.7 Å². The van der Waals surface area contributed by atoms with Crippen molar-refractivity contribution in [1.82, 2.24) is 0 Å². The summed E-state index contributed by atoms with van der Waals surface area (Å²) in [4.78, 5) is 10.3. The minimum absolute atomic E-state index is 0.233. The van der Waals surface area contributed by atoms with Crippen LogP contribution in [0, 0.1) is 6.92 Å². The fraction of sp³-hybridized carbons (Fsp3) is 0.364. The van der Waals surface area contributed by atoms with Gasteiger partial charge in [-0.15, -0.1) is 0 Å². The van der Waals surface area contributed by atoms with Gasteiger partial charge in [0, 0.05) is 11.1 Å². The number of hydrogen-bond acceptors (Lipinski definition) is 1. The summed E-state index contributed by atoms with van der Waals surface area (Å²) in [6.45, 7) is 1.08. The Hall–Kier alpha value is -1.60. The van der Waals surface area contributed by atoms with Crippen molar-refractivity contribution in [2.45, 2.75) is 24.9 Å². The number of aryl methyl sites for hydroxylation is 1. The van der Waals surface area contributed by atoms with E-state index in [1.807, 2.05) is 0 Å². The first-order valence-electron chi connectivity index (χ1n) is 4.77.